The first-order valence-corrected chi connectivity index (χ1v) is 3.97. The molecule has 0 saturated carbocycles. The number of terminal acetylenes is 2. The zero-order valence-electron chi connectivity index (χ0n) is 7.62. The molecule has 0 atom stereocenters. The average Bonchev–Trinajstić information content (AvgIpc) is 2.20. The minimum Gasteiger partial charge on any atom is -0.247 e. The van der Waals surface area contributed by atoms with Gasteiger partial charge in [0.05, 0.1) is 12.8 Å². The van der Waals surface area contributed by atoms with Crippen molar-refractivity contribution in [1.29, 1.82) is 0 Å². The fourth-order valence-electron chi connectivity index (χ4n) is 0.525. The highest BCUT2D eigenvalue weighted by Crippen LogP contribution is 1.96. The SMILES string of the molecule is C#CCCC(=O)OOC(=O)CCC#C. The third kappa shape index (κ3) is 6.75. The van der Waals surface area contributed by atoms with Crippen LogP contribution in [-0.4, -0.2) is 11.9 Å². The molecule has 0 bridgehead atoms. The molecule has 0 amide bonds. The van der Waals surface area contributed by atoms with Crippen molar-refractivity contribution in [2.24, 2.45) is 0 Å². The Morgan fingerprint density at radius 1 is 0.929 bits per heavy atom. The van der Waals surface area contributed by atoms with Crippen LogP contribution in [0.3, 0.4) is 0 Å². The Morgan fingerprint density at radius 3 is 1.57 bits per heavy atom. The van der Waals surface area contributed by atoms with E-state index in [2.05, 4.69) is 21.6 Å². The van der Waals surface area contributed by atoms with Crippen LogP contribution in [0.2, 0.25) is 0 Å². The predicted octanol–water partition coefficient (Wildman–Crippen LogP) is 0.815. The first-order chi connectivity index (χ1) is 6.70. The lowest BCUT2D eigenvalue weighted by Crippen LogP contribution is -2.10. The summed E-state index contributed by atoms with van der Waals surface area (Å²) in [6.45, 7) is 0. The van der Waals surface area contributed by atoms with Crippen molar-refractivity contribution >= 4 is 11.9 Å². The van der Waals surface area contributed by atoms with Crippen LogP contribution in [-0.2, 0) is 19.4 Å². The molecule has 0 aromatic heterocycles. The monoisotopic (exact) mass is 194 g/mol. The Balaban J connectivity index is 3.53. The topological polar surface area (TPSA) is 52.6 Å². The number of hydrogen-bond acceptors (Lipinski definition) is 4. The van der Waals surface area contributed by atoms with E-state index in [1.54, 1.807) is 0 Å². The maximum Gasteiger partial charge on any atom is 0.356 e. The normalized spacial score (nSPS) is 8.14. The van der Waals surface area contributed by atoms with Crippen LogP contribution in [0.4, 0.5) is 0 Å². The second kappa shape index (κ2) is 7.70. The smallest absolute Gasteiger partial charge is 0.247 e. The van der Waals surface area contributed by atoms with Crippen molar-refractivity contribution in [3.63, 3.8) is 0 Å². The minimum absolute atomic E-state index is 0.0267. The molecule has 0 unspecified atom stereocenters. The summed E-state index contributed by atoms with van der Waals surface area (Å²) in [6.07, 6.45) is 10.4. The van der Waals surface area contributed by atoms with Gasteiger partial charge in [0.1, 0.15) is 0 Å². The van der Waals surface area contributed by atoms with Crippen LogP contribution in [0.1, 0.15) is 25.7 Å². The maximum atomic E-state index is 10.7. The summed E-state index contributed by atoms with van der Waals surface area (Å²) in [6, 6.07) is 0. The zero-order chi connectivity index (χ0) is 10.8. The van der Waals surface area contributed by atoms with Gasteiger partial charge in [0, 0.05) is 12.8 Å². The van der Waals surface area contributed by atoms with E-state index in [0.29, 0.717) is 0 Å². The predicted molar refractivity (Wildman–Crippen MR) is 48.3 cm³/mol. The van der Waals surface area contributed by atoms with Crippen molar-refractivity contribution in [3.05, 3.63) is 0 Å². The van der Waals surface area contributed by atoms with E-state index in [1.165, 1.54) is 0 Å². The van der Waals surface area contributed by atoms with Crippen LogP contribution >= 0.6 is 0 Å². The molecule has 0 spiro atoms. The Bertz CT molecular complexity index is 249. The third-order valence-corrected chi connectivity index (χ3v) is 1.17. The average molecular weight is 194 g/mol. The van der Waals surface area contributed by atoms with Crippen molar-refractivity contribution in [3.8, 4) is 24.7 Å². The molecule has 4 heteroatoms. The van der Waals surface area contributed by atoms with Gasteiger partial charge in [-0.2, -0.15) is 0 Å². The Morgan fingerprint density at radius 2 is 1.29 bits per heavy atom. The van der Waals surface area contributed by atoms with Crippen LogP contribution in [0.5, 0.6) is 0 Å². The fourth-order valence-corrected chi connectivity index (χ4v) is 0.525. The van der Waals surface area contributed by atoms with E-state index in [1.807, 2.05) is 0 Å². The molecule has 0 aliphatic heterocycles. The van der Waals surface area contributed by atoms with Crippen LogP contribution < -0.4 is 0 Å². The molecule has 0 saturated heterocycles. The van der Waals surface area contributed by atoms with E-state index in [9.17, 15) is 9.59 Å². The zero-order valence-corrected chi connectivity index (χ0v) is 7.62. The summed E-state index contributed by atoms with van der Waals surface area (Å²) in [5, 5.41) is 0. The molecule has 0 aliphatic rings. The second-order valence-electron chi connectivity index (χ2n) is 2.32. The molecule has 14 heavy (non-hydrogen) atoms. The highest BCUT2D eigenvalue weighted by molar-refractivity contribution is 5.73. The first-order valence-electron chi connectivity index (χ1n) is 3.97. The molecular formula is C10H10O4. The number of carbonyl (C=O) groups excluding carboxylic acids is 2. The first kappa shape index (κ1) is 12.1. The van der Waals surface area contributed by atoms with Gasteiger partial charge in [0.15, 0.2) is 0 Å². The lowest BCUT2D eigenvalue weighted by atomic mass is 10.3. The van der Waals surface area contributed by atoms with Crippen molar-refractivity contribution in [2.45, 2.75) is 25.7 Å². The van der Waals surface area contributed by atoms with Crippen molar-refractivity contribution in [1.82, 2.24) is 0 Å². The van der Waals surface area contributed by atoms with Crippen LogP contribution in [0.15, 0.2) is 0 Å². The summed E-state index contributed by atoms with van der Waals surface area (Å²) in [4.78, 5) is 29.8. The minimum atomic E-state index is -0.669. The standard InChI is InChI=1S/C10H10O4/c1-3-5-7-9(11)13-14-10(12)8-6-4-2/h1-2H,5-8H2. The van der Waals surface area contributed by atoms with E-state index in [0.717, 1.165) is 0 Å². The van der Waals surface area contributed by atoms with Gasteiger partial charge < -0.3 is 0 Å². The van der Waals surface area contributed by atoms with Gasteiger partial charge in [-0.25, -0.2) is 19.4 Å². The summed E-state index contributed by atoms with van der Waals surface area (Å²) in [5.41, 5.74) is 0. The van der Waals surface area contributed by atoms with Gasteiger partial charge >= 0.3 is 11.9 Å². The lowest BCUT2D eigenvalue weighted by Gasteiger charge is -2.00. The third-order valence-electron chi connectivity index (χ3n) is 1.17. The van der Waals surface area contributed by atoms with Crippen molar-refractivity contribution in [2.75, 3.05) is 0 Å². The van der Waals surface area contributed by atoms with Crippen LogP contribution in [0, 0.1) is 24.7 Å². The largest absolute Gasteiger partial charge is 0.356 e. The summed E-state index contributed by atoms with van der Waals surface area (Å²) in [7, 11) is 0. The molecule has 74 valence electrons. The van der Waals surface area contributed by atoms with Gasteiger partial charge in [-0.05, 0) is 0 Å². The maximum absolute atomic E-state index is 10.7. The van der Waals surface area contributed by atoms with E-state index >= 15 is 0 Å². The molecule has 0 aromatic rings. The van der Waals surface area contributed by atoms with Crippen LogP contribution in [0.25, 0.3) is 0 Å². The molecule has 0 heterocycles. The van der Waals surface area contributed by atoms with Gasteiger partial charge in [-0.15, -0.1) is 24.7 Å². The Labute approximate surface area is 82.5 Å². The Kier molecular flexibility index (Phi) is 6.63. The van der Waals surface area contributed by atoms with E-state index < -0.39 is 11.9 Å². The van der Waals surface area contributed by atoms with Gasteiger partial charge in [0.25, 0.3) is 0 Å². The van der Waals surface area contributed by atoms with E-state index in [4.69, 9.17) is 12.8 Å². The molecule has 0 N–H and O–H groups in total. The summed E-state index contributed by atoms with van der Waals surface area (Å²) >= 11 is 0. The molecule has 0 aromatic carbocycles. The fraction of sp³-hybridized carbons (Fsp3) is 0.400. The van der Waals surface area contributed by atoms with Crippen molar-refractivity contribution < 1.29 is 19.4 Å². The van der Waals surface area contributed by atoms with E-state index in [-0.39, 0.29) is 25.7 Å². The Hall–Kier alpha value is -1.94. The molecule has 4 nitrogen and oxygen atoms in total. The van der Waals surface area contributed by atoms with Gasteiger partial charge in [-0.1, -0.05) is 0 Å². The number of hydrogen-bond donors (Lipinski definition) is 0. The molecule has 0 radical (unpaired) electrons. The summed E-state index contributed by atoms with van der Waals surface area (Å²) in [5.74, 6) is 3.17. The molecule has 0 aliphatic carbocycles. The highest BCUT2D eigenvalue weighted by Gasteiger charge is 2.07. The molecule has 0 fully saturated rings. The lowest BCUT2D eigenvalue weighted by molar-refractivity contribution is -0.258. The quantitative estimate of drug-likeness (QED) is 0.377. The molecular weight excluding hydrogens is 184 g/mol. The summed E-state index contributed by atoms with van der Waals surface area (Å²) < 4.78 is 0. The number of rotatable bonds is 4. The highest BCUT2D eigenvalue weighted by atomic mass is 17.2. The number of carbonyl (C=O) groups is 2. The van der Waals surface area contributed by atoms with Gasteiger partial charge in [-0.3, -0.25) is 0 Å². The van der Waals surface area contributed by atoms with Gasteiger partial charge in [0.2, 0.25) is 0 Å². The molecule has 0 rings (SSSR count). The second-order valence-corrected chi connectivity index (χ2v) is 2.32.